The van der Waals surface area contributed by atoms with Crippen LogP contribution in [0.25, 0.3) is 0 Å². The Bertz CT molecular complexity index is 328. The van der Waals surface area contributed by atoms with Gasteiger partial charge in [-0.25, -0.2) is 9.97 Å². The Kier molecular flexibility index (Phi) is 5.63. The van der Waals surface area contributed by atoms with Crippen LogP contribution in [-0.4, -0.2) is 41.5 Å². The third kappa shape index (κ3) is 4.06. The molecule has 0 unspecified atom stereocenters. The summed E-state index contributed by atoms with van der Waals surface area (Å²) in [6, 6.07) is 0. The number of nitrogens with one attached hydrogen (secondary N) is 2. The maximum absolute atomic E-state index is 11.6. The normalized spacial score (nSPS) is 9.88. The number of nitrogens with zero attached hydrogens (tertiary/aromatic N) is 2. The molecule has 6 heteroatoms. The molecule has 1 aromatic rings. The lowest BCUT2D eigenvalue weighted by Gasteiger charge is -2.04. The van der Waals surface area contributed by atoms with E-state index >= 15 is 0 Å². The molecule has 0 aromatic carbocycles. The molecule has 2 N–H and O–H groups in total. The van der Waals surface area contributed by atoms with Crippen LogP contribution in [-0.2, 0) is 0 Å². The summed E-state index contributed by atoms with van der Waals surface area (Å²) in [4.78, 5) is 19.6. The quantitative estimate of drug-likeness (QED) is 0.726. The smallest absolute Gasteiger partial charge is 0.271 e. The zero-order valence-corrected chi connectivity index (χ0v) is 10.3. The molecule has 88 valence electrons. The van der Waals surface area contributed by atoms with Gasteiger partial charge in [0, 0.05) is 13.6 Å². The predicted molar refractivity (Wildman–Crippen MR) is 66.9 cm³/mol. The molecule has 0 spiro atoms. The van der Waals surface area contributed by atoms with Gasteiger partial charge in [-0.15, -0.1) is 0 Å². The van der Waals surface area contributed by atoms with Crippen LogP contribution in [0.4, 0.5) is 5.82 Å². The van der Waals surface area contributed by atoms with Crippen LogP contribution < -0.4 is 10.6 Å². The van der Waals surface area contributed by atoms with Gasteiger partial charge in [0.05, 0.1) is 12.4 Å². The summed E-state index contributed by atoms with van der Waals surface area (Å²) in [5.74, 6) is 1.53. The van der Waals surface area contributed by atoms with Crippen molar-refractivity contribution in [1.29, 1.82) is 0 Å². The molecule has 0 aliphatic rings. The van der Waals surface area contributed by atoms with Crippen molar-refractivity contribution in [2.24, 2.45) is 0 Å². The van der Waals surface area contributed by atoms with Gasteiger partial charge in [0.2, 0.25) is 0 Å². The predicted octanol–water partition coefficient (Wildman–Crippen LogP) is 1.00. The monoisotopic (exact) mass is 240 g/mol. The van der Waals surface area contributed by atoms with Gasteiger partial charge >= 0.3 is 0 Å². The molecular weight excluding hydrogens is 224 g/mol. The molecule has 1 heterocycles. The molecule has 1 rings (SSSR count). The lowest BCUT2D eigenvalue weighted by molar-refractivity contribution is 0.0948. The van der Waals surface area contributed by atoms with E-state index in [1.165, 1.54) is 12.4 Å². The largest absolute Gasteiger partial charge is 0.372 e. The molecule has 0 saturated carbocycles. The van der Waals surface area contributed by atoms with Crippen LogP contribution in [0.2, 0.25) is 0 Å². The van der Waals surface area contributed by atoms with Crippen molar-refractivity contribution >= 4 is 23.5 Å². The topological polar surface area (TPSA) is 66.9 Å². The summed E-state index contributed by atoms with van der Waals surface area (Å²) in [5, 5.41) is 5.64. The fraction of sp³-hybridized carbons (Fsp3) is 0.500. The van der Waals surface area contributed by atoms with Crippen molar-refractivity contribution in [2.75, 3.05) is 30.9 Å². The third-order valence-electron chi connectivity index (χ3n) is 1.95. The highest BCUT2D eigenvalue weighted by Crippen LogP contribution is 1.99. The van der Waals surface area contributed by atoms with Gasteiger partial charge in [0.15, 0.2) is 0 Å². The number of hydrogen-bond acceptors (Lipinski definition) is 5. The maximum atomic E-state index is 11.6. The molecule has 1 aromatic heterocycles. The molecule has 0 atom stereocenters. The SMILES string of the molecule is CNc1cnc(C(=O)NCCCSC)cn1. The second-order valence-corrected chi connectivity index (χ2v) is 4.12. The van der Waals surface area contributed by atoms with Crippen molar-refractivity contribution in [3.63, 3.8) is 0 Å². The van der Waals surface area contributed by atoms with E-state index in [-0.39, 0.29) is 5.91 Å². The number of aromatic nitrogens is 2. The summed E-state index contributed by atoms with van der Waals surface area (Å²) in [6.45, 7) is 0.676. The van der Waals surface area contributed by atoms with Gasteiger partial charge in [-0.1, -0.05) is 0 Å². The lowest BCUT2D eigenvalue weighted by Crippen LogP contribution is -2.25. The first-order valence-electron chi connectivity index (χ1n) is 5.05. The van der Waals surface area contributed by atoms with Crippen LogP contribution in [0, 0.1) is 0 Å². The summed E-state index contributed by atoms with van der Waals surface area (Å²) in [5.41, 5.74) is 0.350. The zero-order chi connectivity index (χ0) is 11.8. The first-order valence-corrected chi connectivity index (χ1v) is 6.44. The molecule has 0 aliphatic heterocycles. The van der Waals surface area contributed by atoms with Crippen molar-refractivity contribution < 1.29 is 4.79 Å². The van der Waals surface area contributed by atoms with Crippen molar-refractivity contribution in [3.05, 3.63) is 18.1 Å². The number of anilines is 1. The van der Waals surface area contributed by atoms with Crippen LogP contribution in [0.15, 0.2) is 12.4 Å². The van der Waals surface area contributed by atoms with E-state index in [9.17, 15) is 4.79 Å². The number of hydrogen-bond donors (Lipinski definition) is 2. The number of carbonyl (C=O) groups excluding carboxylic acids is 1. The molecule has 0 bridgehead atoms. The second kappa shape index (κ2) is 7.05. The van der Waals surface area contributed by atoms with E-state index in [4.69, 9.17) is 0 Å². The second-order valence-electron chi connectivity index (χ2n) is 3.14. The van der Waals surface area contributed by atoms with E-state index in [2.05, 4.69) is 20.6 Å². The summed E-state index contributed by atoms with van der Waals surface area (Å²) >= 11 is 1.77. The minimum atomic E-state index is -0.170. The molecule has 16 heavy (non-hydrogen) atoms. The Morgan fingerprint density at radius 3 is 2.81 bits per heavy atom. The van der Waals surface area contributed by atoms with Gasteiger partial charge in [0.25, 0.3) is 5.91 Å². The van der Waals surface area contributed by atoms with Gasteiger partial charge in [-0.2, -0.15) is 11.8 Å². The number of thioether (sulfide) groups is 1. The van der Waals surface area contributed by atoms with Crippen LogP contribution >= 0.6 is 11.8 Å². The lowest BCUT2D eigenvalue weighted by atomic mass is 10.4. The molecule has 0 fully saturated rings. The molecule has 5 nitrogen and oxygen atoms in total. The third-order valence-corrected chi connectivity index (χ3v) is 2.65. The highest BCUT2D eigenvalue weighted by molar-refractivity contribution is 7.98. The first-order chi connectivity index (χ1) is 7.77. The van der Waals surface area contributed by atoms with Crippen LogP contribution in [0.5, 0.6) is 0 Å². The van der Waals surface area contributed by atoms with E-state index < -0.39 is 0 Å². The highest BCUT2D eigenvalue weighted by Gasteiger charge is 2.06. The van der Waals surface area contributed by atoms with Crippen molar-refractivity contribution in [2.45, 2.75) is 6.42 Å². The van der Waals surface area contributed by atoms with Gasteiger partial charge < -0.3 is 10.6 Å². The van der Waals surface area contributed by atoms with E-state index in [0.29, 0.717) is 18.1 Å². The molecule has 0 aliphatic carbocycles. The number of amides is 1. The van der Waals surface area contributed by atoms with E-state index in [1.54, 1.807) is 18.8 Å². The molecule has 0 radical (unpaired) electrons. The number of carbonyl (C=O) groups is 1. The van der Waals surface area contributed by atoms with Gasteiger partial charge in [-0.05, 0) is 18.4 Å². The van der Waals surface area contributed by atoms with E-state index in [1.807, 2.05) is 6.26 Å². The summed E-state index contributed by atoms with van der Waals surface area (Å²) < 4.78 is 0. The van der Waals surface area contributed by atoms with Crippen LogP contribution in [0.3, 0.4) is 0 Å². The highest BCUT2D eigenvalue weighted by atomic mass is 32.2. The minimum absolute atomic E-state index is 0.170. The molecule has 0 saturated heterocycles. The molecular formula is C10H16N4OS. The fourth-order valence-corrected chi connectivity index (χ4v) is 1.52. The van der Waals surface area contributed by atoms with Gasteiger partial charge in [-0.3, -0.25) is 4.79 Å². The number of rotatable bonds is 6. The molecule has 1 amide bonds. The summed E-state index contributed by atoms with van der Waals surface area (Å²) in [6.07, 6.45) is 6.02. The first kappa shape index (κ1) is 12.8. The van der Waals surface area contributed by atoms with E-state index in [0.717, 1.165) is 12.2 Å². The minimum Gasteiger partial charge on any atom is -0.372 e. The maximum Gasteiger partial charge on any atom is 0.271 e. The standard InChI is InChI=1S/C10H16N4OS/c1-11-9-7-13-8(6-14-9)10(15)12-4-3-5-16-2/h6-7H,3-5H2,1-2H3,(H,11,14)(H,12,15). The Morgan fingerprint density at radius 1 is 1.44 bits per heavy atom. The van der Waals surface area contributed by atoms with Gasteiger partial charge in [0.1, 0.15) is 11.5 Å². The average molecular weight is 240 g/mol. The van der Waals surface area contributed by atoms with Crippen LogP contribution in [0.1, 0.15) is 16.9 Å². The summed E-state index contributed by atoms with van der Waals surface area (Å²) in [7, 11) is 1.76. The Morgan fingerprint density at radius 2 is 2.25 bits per heavy atom. The Hall–Kier alpha value is -1.30. The zero-order valence-electron chi connectivity index (χ0n) is 9.49. The fourth-order valence-electron chi connectivity index (χ4n) is 1.08. The average Bonchev–Trinajstić information content (AvgIpc) is 2.34. The van der Waals surface area contributed by atoms with Crippen molar-refractivity contribution in [3.8, 4) is 0 Å². The van der Waals surface area contributed by atoms with Crippen molar-refractivity contribution in [1.82, 2.24) is 15.3 Å². The Labute approximate surface area is 99.4 Å². The Balaban J connectivity index is 2.40.